The Morgan fingerprint density at radius 3 is 1.65 bits per heavy atom. The fourth-order valence-electron chi connectivity index (χ4n) is 8.07. The van der Waals surface area contributed by atoms with E-state index < -0.39 is 91.6 Å². The third-order valence-corrected chi connectivity index (χ3v) is 11.7. The van der Waals surface area contributed by atoms with Gasteiger partial charge in [0, 0.05) is 20.1 Å². The van der Waals surface area contributed by atoms with Gasteiger partial charge in [0.05, 0.1) is 44.2 Å². The summed E-state index contributed by atoms with van der Waals surface area (Å²) in [6.07, 6.45) is -3.60. The number of methoxy groups -OCH3 is 1. The molecule has 0 radical (unpaired) electrons. The molecule has 0 aromatic heterocycles. The summed E-state index contributed by atoms with van der Waals surface area (Å²) in [5.74, 6) is -4.82. The maximum Gasteiger partial charge on any atom is 0.352 e. The number of hydrogen-bond acceptors (Lipinski definition) is 16. The van der Waals surface area contributed by atoms with Gasteiger partial charge in [-0.2, -0.15) is 0 Å². The summed E-state index contributed by atoms with van der Waals surface area (Å²) in [5, 5.41) is 0. The minimum absolute atomic E-state index is 0.156. The summed E-state index contributed by atoms with van der Waals surface area (Å²) in [5.41, 5.74) is 3.32. The third-order valence-electron chi connectivity index (χ3n) is 11.7. The van der Waals surface area contributed by atoms with Gasteiger partial charge in [-0.05, 0) is 59.2 Å². The number of carbonyl (C=O) groups is 4. The van der Waals surface area contributed by atoms with E-state index in [1.807, 2.05) is 91.0 Å². The Balaban J connectivity index is 0.990. The van der Waals surface area contributed by atoms with Crippen LogP contribution in [-0.4, -0.2) is 112 Å². The molecule has 0 amide bonds. The van der Waals surface area contributed by atoms with E-state index in [9.17, 15) is 19.2 Å². The highest BCUT2D eigenvalue weighted by Gasteiger charge is 2.51. The first kappa shape index (κ1) is 51.6. The molecule has 1 fully saturated rings. The van der Waals surface area contributed by atoms with Gasteiger partial charge >= 0.3 is 23.9 Å². The van der Waals surface area contributed by atoms with Crippen LogP contribution in [0, 0.1) is 0 Å². The highest BCUT2D eigenvalue weighted by Crippen LogP contribution is 2.34. The van der Waals surface area contributed by atoms with Crippen molar-refractivity contribution in [2.75, 3.05) is 26.9 Å². The zero-order chi connectivity index (χ0) is 50.1. The lowest BCUT2D eigenvalue weighted by Crippen LogP contribution is -2.62. The zero-order valence-electron chi connectivity index (χ0n) is 39.7. The highest BCUT2D eigenvalue weighted by atomic mass is 16.9. The van der Waals surface area contributed by atoms with Gasteiger partial charge in [0.15, 0.2) is 30.6 Å². The van der Waals surface area contributed by atoms with Crippen molar-refractivity contribution in [1.82, 2.24) is 0 Å². The summed E-state index contributed by atoms with van der Waals surface area (Å²) in [4.78, 5) is 52.3. The Kier molecular flexibility index (Phi) is 18.4. The maximum absolute atomic E-state index is 13.5. The summed E-state index contributed by atoms with van der Waals surface area (Å²) < 4.78 is 74.3. The van der Waals surface area contributed by atoms with Gasteiger partial charge < -0.3 is 52.1 Å². The predicted octanol–water partition coefficient (Wildman–Crippen LogP) is 7.25. The van der Waals surface area contributed by atoms with E-state index in [1.165, 1.54) is 32.3 Å². The number of rotatable bonds is 22. The lowest BCUT2D eigenvalue weighted by Gasteiger charge is -2.46. The van der Waals surface area contributed by atoms with Gasteiger partial charge in [0.1, 0.15) is 37.1 Å². The molecule has 3 heterocycles. The molecular weight excluding hydrogens is 929 g/mol. The molecule has 0 bridgehead atoms. The van der Waals surface area contributed by atoms with Crippen LogP contribution in [0.4, 0.5) is 0 Å². The quantitative estimate of drug-likeness (QED) is 0.0293. The van der Waals surface area contributed by atoms with E-state index in [2.05, 4.69) is 0 Å². The number of ether oxygens (including phenoxy) is 12. The molecule has 8 rings (SSSR count). The minimum atomic E-state index is -2.25. The molecule has 5 aromatic rings. The number of ketones is 1. The first-order valence-electron chi connectivity index (χ1n) is 23.5. The molecule has 10 atom stereocenters. The van der Waals surface area contributed by atoms with Crippen LogP contribution in [0.5, 0.6) is 0 Å². The Labute approximate surface area is 417 Å². The van der Waals surface area contributed by atoms with E-state index in [0.717, 1.165) is 16.7 Å². The molecule has 0 aliphatic carbocycles. The Morgan fingerprint density at radius 1 is 0.569 bits per heavy atom. The van der Waals surface area contributed by atoms with E-state index in [-0.39, 0.29) is 33.0 Å². The largest absolute Gasteiger partial charge is 0.459 e. The molecule has 3 aliphatic heterocycles. The average molecular weight is 985 g/mol. The smallest absolute Gasteiger partial charge is 0.352 e. The Hall–Kier alpha value is -6.70. The summed E-state index contributed by atoms with van der Waals surface area (Å²) in [6.45, 7) is 0.640. The van der Waals surface area contributed by atoms with Crippen molar-refractivity contribution in [3.8, 4) is 0 Å². The molecule has 1 saturated heterocycles. The SMILES string of the molecule is CO[C@H]1O[C@H](CO[C@@]2(OC(C)=O)C=CC(=O)[C@@H](COC3C=C[C@H](OC(=O)c4ccccc4)[C@@H](COC(=O)c4ccccc4)O3)O2)[C@@H](OCc2ccccc2)[C@H](OCc2ccccc2)[C@H]1OCc1ccccc1. The van der Waals surface area contributed by atoms with Gasteiger partial charge in [-0.25, -0.2) is 9.59 Å². The second kappa shape index (κ2) is 25.6. The first-order valence-corrected chi connectivity index (χ1v) is 23.5. The average Bonchev–Trinajstić information content (AvgIpc) is 3.42. The Bertz CT molecular complexity index is 2560. The number of hydrogen-bond donors (Lipinski definition) is 0. The van der Waals surface area contributed by atoms with Crippen molar-refractivity contribution < 1.29 is 76.0 Å². The van der Waals surface area contributed by atoms with Crippen molar-refractivity contribution in [3.63, 3.8) is 0 Å². The second-order valence-corrected chi connectivity index (χ2v) is 16.9. The van der Waals surface area contributed by atoms with Crippen molar-refractivity contribution in [1.29, 1.82) is 0 Å². The minimum Gasteiger partial charge on any atom is -0.459 e. The van der Waals surface area contributed by atoms with Crippen LogP contribution in [-0.2, 0) is 86.3 Å². The normalized spacial score (nSPS) is 25.9. The second-order valence-electron chi connectivity index (χ2n) is 16.9. The monoisotopic (exact) mass is 984 g/mol. The molecular formula is C56H56O16. The molecule has 0 spiro atoms. The van der Waals surface area contributed by atoms with E-state index in [0.29, 0.717) is 11.1 Å². The topological polar surface area (TPSA) is 179 Å². The Morgan fingerprint density at radius 2 is 1.10 bits per heavy atom. The molecule has 16 heteroatoms. The van der Waals surface area contributed by atoms with Gasteiger partial charge in [-0.1, -0.05) is 127 Å². The molecule has 72 heavy (non-hydrogen) atoms. The van der Waals surface area contributed by atoms with Crippen LogP contribution < -0.4 is 0 Å². The summed E-state index contributed by atoms with van der Waals surface area (Å²) >= 11 is 0. The molecule has 0 N–H and O–H groups in total. The maximum atomic E-state index is 13.5. The van der Waals surface area contributed by atoms with Gasteiger partial charge in [0.2, 0.25) is 0 Å². The van der Waals surface area contributed by atoms with Gasteiger partial charge in [0.25, 0.3) is 0 Å². The van der Waals surface area contributed by atoms with Crippen molar-refractivity contribution in [2.24, 2.45) is 0 Å². The number of benzene rings is 5. The third kappa shape index (κ3) is 14.3. The molecule has 376 valence electrons. The van der Waals surface area contributed by atoms with Crippen LogP contribution in [0.25, 0.3) is 0 Å². The fraction of sp³-hybridized carbons (Fsp3) is 0.321. The van der Waals surface area contributed by atoms with Crippen molar-refractivity contribution in [2.45, 2.75) is 88.0 Å². The van der Waals surface area contributed by atoms with Crippen molar-refractivity contribution in [3.05, 3.63) is 204 Å². The van der Waals surface area contributed by atoms with Crippen LogP contribution in [0.1, 0.15) is 44.3 Å². The lowest BCUT2D eigenvalue weighted by molar-refractivity contribution is -0.372. The summed E-state index contributed by atoms with van der Waals surface area (Å²) in [6, 6.07) is 45.7. The molecule has 16 nitrogen and oxygen atoms in total. The standard InChI is InChI=1S/C56H56O16/c1-38(57)71-56(31-30-44(58)46(72-56)35-62-49-29-28-45(69-54(60)43-26-16-7-17-27-43)47(68-49)36-66-53(59)42-24-14-6-15-25-42)67-37-48-50(63-32-39-18-8-3-9-19-39)51(64-33-40-20-10-4-11-21-40)52(55(61-2)70-48)65-34-41-22-12-5-13-23-41/h3-31,45-52,55H,32-37H2,1-2H3/t45-,46+,47+,48+,49?,50+,51-,52+,55-,56+/m0/s1. The lowest BCUT2D eigenvalue weighted by atomic mass is 9.97. The first-order chi connectivity index (χ1) is 35.1. The predicted molar refractivity (Wildman–Crippen MR) is 256 cm³/mol. The van der Waals surface area contributed by atoms with Crippen molar-refractivity contribution >= 4 is 23.7 Å². The van der Waals surface area contributed by atoms with Crippen LogP contribution in [0.15, 0.2) is 176 Å². The van der Waals surface area contributed by atoms with Crippen LogP contribution >= 0.6 is 0 Å². The van der Waals surface area contributed by atoms with E-state index in [4.69, 9.17) is 56.8 Å². The van der Waals surface area contributed by atoms with E-state index in [1.54, 1.807) is 66.7 Å². The van der Waals surface area contributed by atoms with Gasteiger partial charge in [-0.15, -0.1) is 0 Å². The van der Waals surface area contributed by atoms with E-state index >= 15 is 0 Å². The number of esters is 3. The molecule has 3 aliphatic rings. The molecule has 0 saturated carbocycles. The fourth-order valence-corrected chi connectivity index (χ4v) is 8.07. The highest BCUT2D eigenvalue weighted by molar-refractivity contribution is 5.94. The van der Waals surface area contributed by atoms with Crippen LogP contribution in [0.2, 0.25) is 0 Å². The molecule has 1 unspecified atom stereocenters. The van der Waals surface area contributed by atoms with Gasteiger partial charge in [-0.3, -0.25) is 14.3 Å². The molecule has 5 aromatic carbocycles. The number of carbonyl (C=O) groups excluding carboxylic acids is 4. The summed E-state index contributed by atoms with van der Waals surface area (Å²) in [7, 11) is 1.49. The van der Waals surface area contributed by atoms with Crippen LogP contribution in [0.3, 0.4) is 0 Å². The zero-order valence-corrected chi connectivity index (χ0v) is 39.7.